The van der Waals surface area contributed by atoms with Crippen LogP contribution in [0.15, 0.2) is 24.3 Å². The average molecular weight is 275 g/mol. The van der Waals surface area contributed by atoms with E-state index in [1.54, 1.807) is 0 Å². The van der Waals surface area contributed by atoms with Crippen molar-refractivity contribution in [1.29, 1.82) is 0 Å². The highest BCUT2D eigenvalue weighted by Gasteiger charge is 2.22. The van der Waals surface area contributed by atoms with Gasteiger partial charge in [0.2, 0.25) is 5.91 Å². The molecule has 0 radical (unpaired) electrons. The summed E-state index contributed by atoms with van der Waals surface area (Å²) in [6, 6.07) is 7.98. The van der Waals surface area contributed by atoms with Gasteiger partial charge in [-0.25, -0.2) is 0 Å². The van der Waals surface area contributed by atoms with Crippen LogP contribution in [-0.2, 0) is 9.53 Å². The molecule has 0 bridgehead atoms. The van der Waals surface area contributed by atoms with Crippen LogP contribution in [0.3, 0.4) is 0 Å². The van der Waals surface area contributed by atoms with Gasteiger partial charge < -0.3 is 14.8 Å². The van der Waals surface area contributed by atoms with Crippen LogP contribution in [-0.4, -0.2) is 25.3 Å². The fraction of sp³-hybridized carbons (Fsp3) is 0.562. The monoisotopic (exact) mass is 275 g/mol. The van der Waals surface area contributed by atoms with Gasteiger partial charge in [0.15, 0.2) is 6.79 Å². The van der Waals surface area contributed by atoms with E-state index in [4.69, 9.17) is 9.47 Å². The minimum Gasteiger partial charge on any atom is -0.468 e. The topological polar surface area (TPSA) is 47.6 Å². The van der Waals surface area contributed by atoms with Crippen LogP contribution in [0.5, 0.6) is 5.75 Å². The van der Waals surface area contributed by atoms with Crippen LogP contribution < -0.4 is 10.1 Å². The summed E-state index contributed by atoms with van der Waals surface area (Å²) in [6.45, 7) is 1.07. The summed E-state index contributed by atoms with van der Waals surface area (Å²) in [5, 5.41) is 2.86. The van der Waals surface area contributed by atoms with Crippen molar-refractivity contribution in [2.75, 3.05) is 13.3 Å². The standard InChI is InChI=1S/C16H21NO3/c18-16-9-13(10-17-16)12-5-7-15(8-6-12)20-11-19-14-3-1-2-4-14/h5-8,13-14H,1-4,9-11H2,(H,17,18). The van der Waals surface area contributed by atoms with Gasteiger partial charge in [0, 0.05) is 18.9 Å². The number of benzene rings is 1. The van der Waals surface area contributed by atoms with E-state index in [9.17, 15) is 4.79 Å². The number of carbonyl (C=O) groups is 1. The molecular weight excluding hydrogens is 254 g/mol. The van der Waals surface area contributed by atoms with Crippen LogP contribution in [0.2, 0.25) is 0 Å². The lowest BCUT2D eigenvalue weighted by atomic mass is 9.98. The predicted octanol–water partition coefficient (Wildman–Crippen LogP) is 2.59. The van der Waals surface area contributed by atoms with Gasteiger partial charge in [-0.1, -0.05) is 25.0 Å². The number of rotatable bonds is 5. The number of ether oxygens (including phenoxy) is 2. The maximum atomic E-state index is 11.2. The molecule has 3 rings (SSSR count). The Morgan fingerprint density at radius 3 is 2.55 bits per heavy atom. The highest BCUT2D eigenvalue weighted by atomic mass is 16.7. The Bertz CT molecular complexity index is 451. The average Bonchev–Trinajstić information content (AvgIpc) is 3.11. The quantitative estimate of drug-likeness (QED) is 0.840. The predicted molar refractivity (Wildman–Crippen MR) is 75.6 cm³/mol. The number of carbonyl (C=O) groups excluding carboxylic acids is 1. The normalized spacial score (nSPS) is 23.0. The molecule has 2 aliphatic rings. The summed E-state index contributed by atoms with van der Waals surface area (Å²) in [5.74, 6) is 1.26. The molecule has 1 aromatic carbocycles. The Morgan fingerprint density at radius 2 is 1.90 bits per heavy atom. The van der Waals surface area contributed by atoms with E-state index < -0.39 is 0 Å². The molecule has 1 unspecified atom stereocenters. The summed E-state index contributed by atoms with van der Waals surface area (Å²) in [5.41, 5.74) is 1.19. The first-order valence-corrected chi connectivity index (χ1v) is 7.42. The third kappa shape index (κ3) is 3.31. The zero-order chi connectivity index (χ0) is 13.8. The van der Waals surface area contributed by atoms with Crippen LogP contribution in [0, 0.1) is 0 Å². The molecule has 0 spiro atoms. The Hall–Kier alpha value is -1.55. The number of nitrogens with one attached hydrogen (secondary N) is 1. The minimum absolute atomic E-state index is 0.139. The zero-order valence-electron chi connectivity index (χ0n) is 11.6. The molecule has 108 valence electrons. The van der Waals surface area contributed by atoms with Crippen molar-refractivity contribution < 1.29 is 14.3 Å². The van der Waals surface area contributed by atoms with Gasteiger partial charge in [-0.15, -0.1) is 0 Å². The van der Waals surface area contributed by atoms with Crippen LogP contribution in [0.4, 0.5) is 0 Å². The summed E-state index contributed by atoms with van der Waals surface area (Å²) in [6.07, 6.45) is 5.83. The second kappa shape index (κ2) is 6.27. The van der Waals surface area contributed by atoms with Crippen molar-refractivity contribution in [2.45, 2.75) is 44.1 Å². The van der Waals surface area contributed by atoms with E-state index in [1.165, 1.54) is 18.4 Å². The van der Waals surface area contributed by atoms with Crippen LogP contribution in [0.25, 0.3) is 0 Å². The van der Waals surface area contributed by atoms with Crippen molar-refractivity contribution in [2.24, 2.45) is 0 Å². The van der Waals surface area contributed by atoms with E-state index in [0.717, 1.165) is 25.1 Å². The molecule has 4 nitrogen and oxygen atoms in total. The van der Waals surface area contributed by atoms with E-state index in [-0.39, 0.29) is 5.91 Å². The molecule has 1 saturated heterocycles. The fourth-order valence-electron chi connectivity index (χ4n) is 2.93. The molecule has 1 N–H and O–H groups in total. The van der Waals surface area contributed by atoms with Gasteiger partial charge in [-0.3, -0.25) is 4.79 Å². The molecule has 20 heavy (non-hydrogen) atoms. The molecule has 1 amide bonds. The first kappa shape index (κ1) is 13.4. The Labute approximate surface area is 119 Å². The van der Waals surface area contributed by atoms with Gasteiger partial charge in [-0.2, -0.15) is 0 Å². The second-order valence-electron chi connectivity index (χ2n) is 5.61. The third-order valence-corrected chi connectivity index (χ3v) is 4.16. The minimum atomic E-state index is 0.139. The van der Waals surface area contributed by atoms with Crippen LogP contribution in [0.1, 0.15) is 43.6 Å². The molecule has 0 aromatic heterocycles. The number of amides is 1. The molecule has 1 aromatic rings. The summed E-state index contributed by atoms with van der Waals surface area (Å²) >= 11 is 0. The molecular formula is C16H21NO3. The Morgan fingerprint density at radius 1 is 1.15 bits per heavy atom. The summed E-state index contributed by atoms with van der Waals surface area (Å²) < 4.78 is 11.3. The van der Waals surface area contributed by atoms with Crippen molar-refractivity contribution in [1.82, 2.24) is 5.32 Å². The summed E-state index contributed by atoms with van der Waals surface area (Å²) in [4.78, 5) is 11.2. The lowest BCUT2D eigenvalue weighted by molar-refractivity contribution is -0.119. The SMILES string of the molecule is O=C1CC(c2ccc(OCOC3CCCC3)cc2)CN1. The smallest absolute Gasteiger partial charge is 0.220 e. The molecule has 1 heterocycles. The largest absolute Gasteiger partial charge is 0.468 e. The van der Waals surface area contributed by atoms with Gasteiger partial charge in [0.1, 0.15) is 5.75 Å². The maximum absolute atomic E-state index is 11.2. The number of hydrogen-bond donors (Lipinski definition) is 1. The molecule has 2 fully saturated rings. The van der Waals surface area contributed by atoms with E-state index >= 15 is 0 Å². The lowest BCUT2D eigenvalue weighted by Gasteiger charge is -2.13. The molecule has 1 atom stereocenters. The highest BCUT2D eigenvalue weighted by molar-refractivity contribution is 5.79. The van der Waals surface area contributed by atoms with E-state index in [1.807, 2.05) is 24.3 Å². The maximum Gasteiger partial charge on any atom is 0.220 e. The van der Waals surface area contributed by atoms with Gasteiger partial charge in [0.25, 0.3) is 0 Å². The number of hydrogen-bond acceptors (Lipinski definition) is 3. The fourth-order valence-corrected chi connectivity index (χ4v) is 2.93. The lowest BCUT2D eigenvalue weighted by Crippen LogP contribution is -2.13. The van der Waals surface area contributed by atoms with Crippen LogP contribution >= 0.6 is 0 Å². The summed E-state index contributed by atoms with van der Waals surface area (Å²) in [7, 11) is 0. The highest BCUT2D eigenvalue weighted by Crippen LogP contribution is 2.25. The molecule has 1 saturated carbocycles. The first-order valence-electron chi connectivity index (χ1n) is 7.42. The molecule has 1 aliphatic heterocycles. The van der Waals surface area contributed by atoms with E-state index in [2.05, 4.69) is 5.32 Å². The molecule has 4 heteroatoms. The first-order chi connectivity index (χ1) is 9.81. The van der Waals surface area contributed by atoms with Gasteiger partial charge >= 0.3 is 0 Å². The van der Waals surface area contributed by atoms with Crippen molar-refractivity contribution >= 4 is 5.91 Å². The second-order valence-corrected chi connectivity index (χ2v) is 5.61. The Balaban J connectivity index is 1.47. The Kier molecular flexibility index (Phi) is 4.21. The van der Waals surface area contributed by atoms with Gasteiger partial charge in [0.05, 0.1) is 6.10 Å². The zero-order valence-corrected chi connectivity index (χ0v) is 11.6. The van der Waals surface area contributed by atoms with E-state index in [0.29, 0.717) is 25.2 Å². The third-order valence-electron chi connectivity index (χ3n) is 4.16. The van der Waals surface area contributed by atoms with Gasteiger partial charge in [-0.05, 0) is 30.5 Å². The van der Waals surface area contributed by atoms with Crippen molar-refractivity contribution in [3.05, 3.63) is 29.8 Å². The molecule has 1 aliphatic carbocycles. The van der Waals surface area contributed by atoms with Crippen molar-refractivity contribution in [3.63, 3.8) is 0 Å². The van der Waals surface area contributed by atoms with Crippen molar-refractivity contribution in [3.8, 4) is 5.75 Å².